The van der Waals surface area contributed by atoms with Crippen LogP contribution in [0.4, 0.5) is 0 Å². The lowest BCUT2D eigenvalue weighted by Crippen LogP contribution is -2.42. The van der Waals surface area contributed by atoms with Gasteiger partial charge in [0.2, 0.25) is 17.1 Å². The van der Waals surface area contributed by atoms with Crippen molar-refractivity contribution in [3.63, 3.8) is 0 Å². The Morgan fingerprint density at radius 2 is 1.87 bits per heavy atom. The van der Waals surface area contributed by atoms with E-state index in [-0.39, 0.29) is 28.4 Å². The molecule has 0 fully saturated rings. The summed E-state index contributed by atoms with van der Waals surface area (Å²) in [5.74, 6) is 0.956. The number of para-hydroxylation sites is 1. The first-order valence-electron chi connectivity index (χ1n) is 9.67. The average molecular weight is 442 g/mol. The Bertz CT molecular complexity index is 1140. The highest BCUT2D eigenvalue weighted by Gasteiger charge is 2.22. The van der Waals surface area contributed by atoms with Crippen LogP contribution < -0.4 is 20.2 Å². The molecule has 0 spiro atoms. The molecular weight excluding hydrogens is 418 g/mol. The van der Waals surface area contributed by atoms with Crippen molar-refractivity contribution in [1.82, 2.24) is 5.32 Å². The van der Waals surface area contributed by atoms with E-state index in [0.29, 0.717) is 29.1 Å². The second kappa shape index (κ2) is 10.2. The van der Waals surface area contributed by atoms with Crippen LogP contribution in [0.3, 0.4) is 0 Å². The fourth-order valence-corrected chi connectivity index (χ4v) is 3.44. The van der Waals surface area contributed by atoms with E-state index in [1.54, 1.807) is 43.0 Å². The van der Waals surface area contributed by atoms with Crippen LogP contribution in [0.25, 0.3) is 11.0 Å². The van der Waals surface area contributed by atoms with E-state index in [1.165, 1.54) is 25.1 Å². The molecule has 0 aliphatic carbocycles. The first-order chi connectivity index (χ1) is 14.9. The quantitative estimate of drug-likeness (QED) is 0.416. The number of hydrogen-bond donors (Lipinski definition) is 1. The van der Waals surface area contributed by atoms with Crippen LogP contribution in [0.5, 0.6) is 17.2 Å². The third-order valence-electron chi connectivity index (χ3n) is 4.44. The predicted molar refractivity (Wildman–Crippen MR) is 120 cm³/mol. The lowest BCUT2D eigenvalue weighted by molar-refractivity contribution is -0.139. The summed E-state index contributed by atoms with van der Waals surface area (Å²) in [6.07, 6.45) is 2.36. The van der Waals surface area contributed by atoms with E-state index in [4.69, 9.17) is 13.9 Å². The number of thioether (sulfide) groups is 1. The van der Waals surface area contributed by atoms with Gasteiger partial charge in [-0.3, -0.25) is 9.59 Å². The number of aryl methyl sites for hydroxylation is 1. The summed E-state index contributed by atoms with van der Waals surface area (Å²) in [6, 6.07) is 12.7. The molecule has 0 unspecified atom stereocenters. The number of benzene rings is 2. The molecule has 0 saturated heterocycles. The van der Waals surface area contributed by atoms with Gasteiger partial charge in [0, 0.05) is 13.0 Å². The van der Waals surface area contributed by atoms with Crippen molar-refractivity contribution in [3.8, 4) is 17.2 Å². The van der Waals surface area contributed by atoms with Crippen molar-refractivity contribution >= 4 is 34.6 Å². The van der Waals surface area contributed by atoms with Gasteiger partial charge in [-0.25, -0.2) is 4.79 Å². The summed E-state index contributed by atoms with van der Waals surface area (Å²) in [5, 5.41) is 2.91. The van der Waals surface area contributed by atoms with Gasteiger partial charge in [0.25, 0.3) is 0 Å². The van der Waals surface area contributed by atoms with Crippen LogP contribution in [0.2, 0.25) is 0 Å². The third kappa shape index (κ3) is 5.67. The largest absolute Gasteiger partial charge is 0.457 e. The van der Waals surface area contributed by atoms with Crippen molar-refractivity contribution < 1.29 is 23.5 Å². The smallest absolute Gasteiger partial charge is 0.334 e. The summed E-state index contributed by atoms with van der Waals surface area (Å²) in [7, 11) is 0. The monoisotopic (exact) mass is 441 g/mol. The first kappa shape index (κ1) is 22.4. The topological polar surface area (TPSA) is 94.8 Å². The Hall–Kier alpha value is -3.26. The molecule has 0 aliphatic rings. The number of rotatable bonds is 8. The van der Waals surface area contributed by atoms with Gasteiger partial charge in [0.1, 0.15) is 28.9 Å². The van der Waals surface area contributed by atoms with Crippen LogP contribution in [-0.2, 0) is 9.59 Å². The summed E-state index contributed by atoms with van der Waals surface area (Å²) >= 11 is 1.57. The second-order valence-corrected chi connectivity index (χ2v) is 7.83. The highest BCUT2D eigenvalue weighted by molar-refractivity contribution is 7.98. The molecule has 1 N–H and O–H groups in total. The molecule has 0 bridgehead atoms. The fourth-order valence-electron chi connectivity index (χ4n) is 2.97. The van der Waals surface area contributed by atoms with E-state index >= 15 is 0 Å². The lowest BCUT2D eigenvalue weighted by Gasteiger charge is -2.16. The standard InChI is InChI=1S/C23H23NO6S/c1-14-22(29-16-7-5-4-6-8-16)21(26)18-10-9-17(13-20(18)28-14)30-23(27)19(11-12-31-3)24-15(2)25/h4-10,13,19H,11-12H2,1-3H3,(H,24,25)/t19-/m1/s1. The van der Waals surface area contributed by atoms with Crippen LogP contribution in [-0.4, -0.2) is 29.9 Å². The molecule has 0 aliphatic heterocycles. The maximum atomic E-state index is 12.9. The molecule has 2 aromatic carbocycles. The van der Waals surface area contributed by atoms with Gasteiger partial charge in [-0.1, -0.05) is 18.2 Å². The van der Waals surface area contributed by atoms with E-state index in [1.807, 2.05) is 12.3 Å². The molecular formula is C23H23NO6S. The minimum atomic E-state index is -0.754. The lowest BCUT2D eigenvalue weighted by atomic mass is 10.2. The van der Waals surface area contributed by atoms with Gasteiger partial charge < -0.3 is 19.2 Å². The average Bonchev–Trinajstić information content (AvgIpc) is 2.74. The van der Waals surface area contributed by atoms with Crippen molar-refractivity contribution in [2.24, 2.45) is 0 Å². The van der Waals surface area contributed by atoms with Gasteiger partial charge in [0.05, 0.1) is 5.39 Å². The first-order valence-corrected chi connectivity index (χ1v) is 11.1. The minimum Gasteiger partial charge on any atom is -0.457 e. The Morgan fingerprint density at radius 3 is 2.55 bits per heavy atom. The van der Waals surface area contributed by atoms with Gasteiger partial charge in [-0.15, -0.1) is 0 Å². The summed E-state index contributed by atoms with van der Waals surface area (Å²) in [6.45, 7) is 2.98. The maximum Gasteiger partial charge on any atom is 0.334 e. The normalized spacial score (nSPS) is 11.7. The number of carbonyl (C=O) groups is 2. The zero-order valence-corrected chi connectivity index (χ0v) is 18.3. The number of amides is 1. The Morgan fingerprint density at radius 1 is 1.13 bits per heavy atom. The second-order valence-electron chi connectivity index (χ2n) is 6.85. The molecule has 1 heterocycles. The van der Waals surface area contributed by atoms with Crippen LogP contribution in [0.1, 0.15) is 19.1 Å². The predicted octanol–water partition coefficient (Wildman–Crippen LogP) is 4.06. The zero-order valence-electron chi connectivity index (χ0n) is 17.5. The van der Waals surface area contributed by atoms with Gasteiger partial charge in [-0.2, -0.15) is 11.8 Å². The molecule has 31 heavy (non-hydrogen) atoms. The summed E-state index contributed by atoms with van der Waals surface area (Å²) in [4.78, 5) is 36.8. The van der Waals surface area contributed by atoms with Gasteiger partial charge >= 0.3 is 5.97 Å². The van der Waals surface area contributed by atoms with Crippen molar-refractivity contribution in [2.75, 3.05) is 12.0 Å². The fraction of sp³-hybridized carbons (Fsp3) is 0.261. The van der Waals surface area contributed by atoms with E-state index in [0.717, 1.165) is 0 Å². The SMILES string of the molecule is CSCC[C@@H](NC(C)=O)C(=O)Oc1ccc2c(=O)c(Oc3ccccc3)c(C)oc2c1. The molecule has 1 aromatic heterocycles. The summed E-state index contributed by atoms with van der Waals surface area (Å²) in [5.41, 5.74) is -0.0509. The molecule has 0 saturated carbocycles. The number of carbonyl (C=O) groups excluding carboxylic acids is 2. The van der Waals surface area contributed by atoms with Crippen molar-refractivity contribution in [1.29, 1.82) is 0 Å². The molecule has 1 atom stereocenters. The van der Waals surface area contributed by atoms with Crippen molar-refractivity contribution in [2.45, 2.75) is 26.3 Å². The molecule has 3 rings (SSSR count). The maximum absolute atomic E-state index is 12.9. The van der Waals surface area contributed by atoms with Crippen molar-refractivity contribution in [3.05, 3.63) is 64.5 Å². The minimum absolute atomic E-state index is 0.103. The van der Waals surface area contributed by atoms with E-state index < -0.39 is 12.0 Å². The molecule has 8 heteroatoms. The van der Waals surface area contributed by atoms with E-state index in [9.17, 15) is 14.4 Å². The number of hydrogen-bond acceptors (Lipinski definition) is 7. The van der Waals surface area contributed by atoms with Crippen LogP contribution in [0, 0.1) is 6.92 Å². The highest BCUT2D eigenvalue weighted by atomic mass is 32.2. The Kier molecular flexibility index (Phi) is 7.36. The molecule has 0 radical (unpaired) electrons. The molecule has 1 amide bonds. The number of esters is 1. The molecule has 7 nitrogen and oxygen atoms in total. The van der Waals surface area contributed by atoms with E-state index in [2.05, 4.69) is 5.32 Å². The van der Waals surface area contributed by atoms with Crippen LogP contribution >= 0.6 is 11.8 Å². The highest BCUT2D eigenvalue weighted by Crippen LogP contribution is 2.27. The number of ether oxygens (including phenoxy) is 2. The number of fused-ring (bicyclic) bond motifs is 1. The number of nitrogens with one attached hydrogen (secondary N) is 1. The van der Waals surface area contributed by atoms with Gasteiger partial charge in [-0.05, 0) is 49.6 Å². The Balaban J connectivity index is 1.85. The molecule has 3 aromatic rings. The Labute approximate surface area is 183 Å². The summed E-state index contributed by atoms with van der Waals surface area (Å²) < 4.78 is 16.9. The van der Waals surface area contributed by atoms with Gasteiger partial charge in [0.15, 0.2) is 0 Å². The molecule has 162 valence electrons. The zero-order chi connectivity index (χ0) is 22.4. The van der Waals surface area contributed by atoms with Crippen LogP contribution in [0.15, 0.2) is 57.7 Å². The third-order valence-corrected chi connectivity index (χ3v) is 5.08.